The molecular weight excluding hydrogens is 360 g/mol. The fraction of sp³-hybridized carbons (Fsp3) is 0.217. The van der Waals surface area contributed by atoms with Crippen molar-refractivity contribution in [1.29, 1.82) is 0 Å². The Kier molecular flexibility index (Phi) is 5.61. The highest BCUT2D eigenvalue weighted by molar-refractivity contribution is 5.84. The Morgan fingerprint density at radius 1 is 1.10 bits per heavy atom. The standard InChI is InChI=1S/C23H26N6/c1-17-8-9-21-18(15-26-22(21)14-17)10-12-25-23(24-2)27-16-19-11-13-29(28-19)20-6-4-3-5-7-20/h3-9,11,13-15,26H,10,12,16H2,1-2H3,(H2,24,25,27). The van der Waals surface area contributed by atoms with Gasteiger partial charge in [0.15, 0.2) is 5.96 Å². The molecule has 0 radical (unpaired) electrons. The van der Waals surface area contributed by atoms with Crippen LogP contribution < -0.4 is 10.6 Å². The lowest BCUT2D eigenvalue weighted by atomic mass is 10.1. The monoisotopic (exact) mass is 386 g/mol. The van der Waals surface area contributed by atoms with Crippen LogP contribution in [0.2, 0.25) is 0 Å². The first-order chi connectivity index (χ1) is 14.2. The van der Waals surface area contributed by atoms with Crippen LogP contribution >= 0.6 is 0 Å². The number of guanidine groups is 1. The second-order valence-electron chi connectivity index (χ2n) is 7.05. The Morgan fingerprint density at radius 2 is 1.97 bits per heavy atom. The number of benzene rings is 2. The van der Waals surface area contributed by atoms with Gasteiger partial charge in [-0.15, -0.1) is 0 Å². The third kappa shape index (κ3) is 4.48. The van der Waals surface area contributed by atoms with Gasteiger partial charge in [0.2, 0.25) is 0 Å². The molecule has 4 aromatic rings. The maximum atomic E-state index is 4.62. The zero-order valence-electron chi connectivity index (χ0n) is 16.8. The van der Waals surface area contributed by atoms with E-state index in [1.165, 1.54) is 22.0 Å². The number of nitrogens with one attached hydrogen (secondary N) is 3. The van der Waals surface area contributed by atoms with E-state index in [0.717, 1.165) is 30.3 Å². The van der Waals surface area contributed by atoms with E-state index >= 15 is 0 Å². The number of aromatic nitrogens is 3. The van der Waals surface area contributed by atoms with Crippen LogP contribution in [0.5, 0.6) is 0 Å². The molecule has 0 spiro atoms. The Morgan fingerprint density at radius 3 is 2.79 bits per heavy atom. The Labute approximate surface area is 170 Å². The van der Waals surface area contributed by atoms with Gasteiger partial charge in [-0.05, 0) is 48.7 Å². The minimum Gasteiger partial charge on any atom is -0.361 e. The van der Waals surface area contributed by atoms with Crippen LogP contribution in [0.4, 0.5) is 0 Å². The molecule has 0 atom stereocenters. The summed E-state index contributed by atoms with van der Waals surface area (Å²) in [5, 5.41) is 12.6. The largest absolute Gasteiger partial charge is 0.361 e. The summed E-state index contributed by atoms with van der Waals surface area (Å²) in [6.07, 6.45) is 4.99. The van der Waals surface area contributed by atoms with Crippen molar-refractivity contribution in [3.63, 3.8) is 0 Å². The van der Waals surface area contributed by atoms with Gasteiger partial charge in [-0.2, -0.15) is 5.10 Å². The fourth-order valence-corrected chi connectivity index (χ4v) is 3.40. The first-order valence-electron chi connectivity index (χ1n) is 9.84. The number of para-hydroxylation sites is 1. The summed E-state index contributed by atoms with van der Waals surface area (Å²) >= 11 is 0. The number of hydrogen-bond donors (Lipinski definition) is 3. The smallest absolute Gasteiger partial charge is 0.191 e. The number of rotatable bonds is 6. The maximum absolute atomic E-state index is 4.62. The molecule has 0 unspecified atom stereocenters. The summed E-state index contributed by atoms with van der Waals surface area (Å²) in [4.78, 5) is 7.67. The first-order valence-corrected chi connectivity index (χ1v) is 9.84. The third-order valence-electron chi connectivity index (χ3n) is 4.94. The van der Waals surface area contributed by atoms with Crippen molar-refractivity contribution in [2.24, 2.45) is 4.99 Å². The highest BCUT2D eigenvalue weighted by atomic mass is 15.3. The molecule has 0 fully saturated rings. The minimum absolute atomic E-state index is 0.617. The highest BCUT2D eigenvalue weighted by Gasteiger charge is 2.06. The fourth-order valence-electron chi connectivity index (χ4n) is 3.40. The van der Waals surface area contributed by atoms with Gasteiger partial charge in [0.05, 0.1) is 17.9 Å². The molecule has 0 amide bonds. The van der Waals surface area contributed by atoms with Gasteiger partial charge in [0.1, 0.15) is 0 Å². The Hall–Kier alpha value is -3.54. The summed E-state index contributed by atoms with van der Waals surface area (Å²) in [7, 11) is 1.78. The van der Waals surface area contributed by atoms with E-state index in [2.05, 4.69) is 57.0 Å². The van der Waals surface area contributed by atoms with Crippen molar-refractivity contribution in [3.05, 3.63) is 83.8 Å². The predicted octanol–water partition coefficient (Wildman–Crippen LogP) is 3.57. The molecule has 4 rings (SSSR count). The lowest BCUT2D eigenvalue weighted by Crippen LogP contribution is -2.37. The molecule has 2 aromatic carbocycles. The molecule has 6 nitrogen and oxygen atoms in total. The van der Waals surface area contributed by atoms with Crippen molar-refractivity contribution in [1.82, 2.24) is 25.4 Å². The van der Waals surface area contributed by atoms with E-state index < -0.39 is 0 Å². The van der Waals surface area contributed by atoms with Crippen LogP contribution in [0.25, 0.3) is 16.6 Å². The van der Waals surface area contributed by atoms with Crippen molar-refractivity contribution < 1.29 is 0 Å². The molecule has 148 valence electrons. The molecular formula is C23H26N6. The van der Waals surface area contributed by atoms with Gasteiger partial charge in [0.25, 0.3) is 0 Å². The van der Waals surface area contributed by atoms with Gasteiger partial charge in [-0.25, -0.2) is 4.68 Å². The molecule has 2 aromatic heterocycles. The third-order valence-corrected chi connectivity index (χ3v) is 4.94. The van der Waals surface area contributed by atoms with E-state index in [1.54, 1.807) is 7.05 Å². The average Bonchev–Trinajstić information content (AvgIpc) is 3.38. The minimum atomic E-state index is 0.617. The van der Waals surface area contributed by atoms with Crippen molar-refractivity contribution >= 4 is 16.9 Å². The van der Waals surface area contributed by atoms with Gasteiger partial charge in [0, 0.05) is 36.9 Å². The lowest BCUT2D eigenvalue weighted by molar-refractivity contribution is 0.764. The van der Waals surface area contributed by atoms with Crippen molar-refractivity contribution in [2.75, 3.05) is 13.6 Å². The van der Waals surface area contributed by atoms with Gasteiger partial charge in [-0.1, -0.05) is 30.3 Å². The molecule has 2 heterocycles. The molecule has 0 saturated heterocycles. The number of aryl methyl sites for hydroxylation is 1. The second kappa shape index (κ2) is 8.65. The zero-order chi connectivity index (χ0) is 20.1. The van der Waals surface area contributed by atoms with E-state index in [1.807, 2.05) is 47.3 Å². The normalized spacial score (nSPS) is 11.7. The molecule has 0 aliphatic carbocycles. The van der Waals surface area contributed by atoms with Crippen LogP contribution in [-0.4, -0.2) is 34.3 Å². The molecule has 0 saturated carbocycles. The Balaban J connectivity index is 1.29. The Bertz CT molecular complexity index is 1110. The number of H-pyrrole nitrogens is 1. The zero-order valence-corrected chi connectivity index (χ0v) is 16.8. The van der Waals surface area contributed by atoms with Gasteiger partial charge in [-0.3, -0.25) is 4.99 Å². The van der Waals surface area contributed by atoms with Crippen LogP contribution in [0.1, 0.15) is 16.8 Å². The first kappa shape index (κ1) is 18.8. The van der Waals surface area contributed by atoms with Crippen molar-refractivity contribution in [2.45, 2.75) is 19.9 Å². The maximum Gasteiger partial charge on any atom is 0.191 e. The van der Waals surface area contributed by atoms with Gasteiger partial charge < -0.3 is 15.6 Å². The summed E-state index contributed by atoms with van der Waals surface area (Å²) < 4.78 is 1.88. The highest BCUT2D eigenvalue weighted by Crippen LogP contribution is 2.19. The van der Waals surface area contributed by atoms with E-state index in [4.69, 9.17) is 0 Å². The van der Waals surface area contributed by atoms with E-state index in [9.17, 15) is 0 Å². The van der Waals surface area contributed by atoms with Crippen LogP contribution in [-0.2, 0) is 13.0 Å². The summed E-state index contributed by atoms with van der Waals surface area (Å²) in [6, 6.07) is 18.6. The number of aliphatic imine (C=N–C) groups is 1. The second-order valence-corrected chi connectivity index (χ2v) is 7.05. The summed E-state index contributed by atoms with van der Waals surface area (Å²) in [5.41, 5.74) is 5.78. The van der Waals surface area contributed by atoms with E-state index in [0.29, 0.717) is 6.54 Å². The summed E-state index contributed by atoms with van der Waals surface area (Å²) in [6.45, 7) is 3.53. The average molecular weight is 387 g/mol. The number of aromatic amines is 1. The number of nitrogens with zero attached hydrogens (tertiary/aromatic N) is 3. The SMILES string of the molecule is CN=C(NCCc1c[nH]c2cc(C)ccc12)NCc1ccn(-c2ccccc2)n1. The van der Waals surface area contributed by atoms with Crippen molar-refractivity contribution in [3.8, 4) is 5.69 Å². The van der Waals surface area contributed by atoms with Crippen LogP contribution in [0.15, 0.2) is 72.0 Å². The molecule has 0 bridgehead atoms. The van der Waals surface area contributed by atoms with E-state index in [-0.39, 0.29) is 0 Å². The molecule has 0 aliphatic rings. The topological polar surface area (TPSA) is 70.0 Å². The number of hydrogen-bond acceptors (Lipinski definition) is 2. The number of fused-ring (bicyclic) bond motifs is 1. The van der Waals surface area contributed by atoms with Crippen LogP contribution in [0, 0.1) is 6.92 Å². The lowest BCUT2D eigenvalue weighted by Gasteiger charge is -2.10. The molecule has 3 N–H and O–H groups in total. The molecule has 6 heteroatoms. The molecule has 29 heavy (non-hydrogen) atoms. The van der Waals surface area contributed by atoms with Crippen LogP contribution in [0.3, 0.4) is 0 Å². The molecule has 0 aliphatic heterocycles. The predicted molar refractivity (Wildman–Crippen MR) is 119 cm³/mol. The van der Waals surface area contributed by atoms with Gasteiger partial charge >= 0.3 is 0 Å². The summed E-state index contributed by atoms with van der Waals surface area (Å²) in [5.74, 6) is 0.773. The quantitative estimate of drug-likeness (QED) is 0.350.